The highest BCUT2D eigenvalue weighted by Crippen LogP contribution is 2.38. The molecule has 0 bridgehead atoms. The first kappa shape index (κ1) is 23.3. The zero-order valence-corrected chi connectivity index (χ0v) is 20.9. The number of methoxy groups -OCH3 is 2. The third kappa shape index (κ3) is 3.83. The highest BCUT2D eigenvalue weighted by atomic mass is 16.5. The van der Waals surface area contributed by atoms with Crippen molar-refractivity contribution in [1.29, 1.82) is 0 Å². The molecule has 4 aromatic carbocycles. The number of carbonyl (C=O) groups is 2. The average molecular weight is 501 g/mol. The van der Waals surface area contributed by atoms with Crippen LogP contribution in [0.3, 0.4) is 0 Å². The molecule has 0 aliphatic rings. The number of hydrogen-bond acceptors (Lipinski definition) is 4. The molecule has 0 saturated heterocycles. The van der Waals surface area contributed by atoms with Gasteiger partial charge >= 0.3 is 0 Å². The number of H-pyrrole nitrogens is 2. The van der Waals surface area contributed by atoms with E-state index in [1.54, 1.807) is 62.8 Å². The van der Waals surface area contributed by atoms with E-state index in [4.69, 9.17) is 9.47 Å². The monoisotopic (exact) mass is 500 g/mol. The Hall–Kier alpha value is -5.10. The summed E-state index contributed by atoms with van der Waals surface area (Å²) in [6, 6.07) is 29.4. The van der Waals surface area contributed by atoms with Gasteiger partial charge < -0.3 is 19.4 Å². The largest absolute Gasteiger partial charge is 0.497 e. The van der Waals surface area contributed by atoms with Crippen molar-refractivity contribution in [1.82, 2.24) is 9.97 Å². The summed E-state index contributed by atoms with van der Waals surface area (Å²) in [6.45, 7) is 0. The molecule has 0 aliphatic carbocycles. The minimum Gasteiger partial charge on any atom is -0.497 e. The predicted molar refractivity (Wildman–Crippen MR) is 148 cm³/mol. The Morgan fingerprint density at radius 1 is 0.526 bits per heavy atom. The summed E-state index contributed by atoms with van der Waals surface area (Å²) >= 11 is 0. The van der Waals surface area contributed by atoms with Gasteiger partial charge in [0.2, 0.25) is 0 Å². The van der Waals surface area contributed by atoms with E-state index < -0.39 is 0 Å². The molecule has 0 aliphatic heterocycles. The molecule has 186 valence electrons. The van der Waals surface area contributed by atoms with Gasteiger partial charge in [-0.3, -0.25) is 9.59 Å². The number of carbonyl (C=O) groups excluding carboxylic acids is 2. The second-order valence-corrected chi connectivity index (χ2v) is 8.96. The van der Waals surface area contributed by atoms with Gasteiger partial charge in [0.05, 0.1) is 36.7 Å². The van der Waals surface area contributed by atoms with Gasteiger partial charge in [0.15, 0.2) is 11.6 Å². The highest BCUT2D eigenvalue weighted by Gasteiger charge is 2.27. The number of aromatic nitrogens is 2. The van der Waals surface area contributed by atoms with Crippen LogP contribution in [0.4, 0.5) is 0 Å². The highest BCUT2D eigenvalue weighted by molar-refractivity contribution is 6.24. The Labute approximate surface area is 218 Å². The molecule has 0 saturated carbocycles. The summed E-state index contributed by atoms with van der Waals surface area (Å²) < 4.78 is 10.5. The quantitative estimate of drug-likeness (QED) is 0.236. The number of nitrogens with one attached hydrogen (secondary N) is 2. The number of ketones is 2. The summed E-state index contributed by atoms with van der Waals surface area (Å²) in [7, 11) is 3.18. The summed E-state index contributed by atoms with van der Waals surface area (Å²) in [5.41, 5.74) is 4.80. The van der Waals surface area contributed by atoms with Gasteiger partial charge in [-0.2, -0.15) is 0 Å². The van der Waals surface area contributed by atoms with Crippen LogP contribution in [0.25, 0.3) is 33.2 Å². The van der Waals surface area contributed by atoms with Crippen molar-refractivity contribution >= 4 is 33.4 Å². The van der Waals surface area contributed by atoms with E-state index in [2.05, 4.69) is 9.97 Å². The first-order valence-electron chi connectivity index (χ1n) is 12.2. The number of hydrogen-bond donors (Lipinski definition) is 2. The SMILES string of the molecule is COc1ccc(C(=O)c2c(-c3[nH]c4ccccc4c3C(=O)c3ccc(OC)cc3)[nH]c3ccccc23)cc1. The fraction of sp³-hybridized carbons (Fsp3) is 0.0625. The second-order valence-electron chi connectivity index (χ2n) is 8.96. The number of aromatic amines is 2. The topological polar surface area (TPSA) is 84.2 Å². The minimum absolute atomic E-state index is 0.151. The molecule has 0 spiro atoms. The van der Waals surface area contributed by atoms with E-state index in [0.29, 0.717) is 45.1 Å². The van der Waals surface area contributed by atoms with Crippen LogP contribution >= 0.6 is 0 Å². The molecule has 0 fully saturated rings. The molecule has 2 N–H and O–H groups in total. The molecule has 0 radical (unpaired) electrons. The Bertz CT molecular complexity index is 1670. The summed E-state index contributed by atoms with van der Waals surface area (Å²) in [6.07, 6.45) is 0. The zero-order chi connectivity index (χ0) is 26.2. The van der Waals surface area contributed by atoms with Gasteiger partial charge in [-0.05, 0) is 60.7 Å². The van der Waals surface area contributed by atoms with Crippen molar-refractivity contribution in [3.63, 3.8) is 0 Å². The average Bonchev–Trinajstić information content (AvgIpc) is 3.55. The van der Waals surface area contributed by atoms with Crippen molar-refractivity contribution in [3.8, 4) is 22.9 Å². The Morgan fingerprint density at radius 2 is 0.895 bits per heavy atom. The van der Waals surface area contributed by atoms with Crippen LogP contribution in [0.1, 0.15) is 31.8 Å². The maximum Gasteiger partial charge on any atom is 0.195 e. The van der Waals surface area contributed by atoms with Gasteiger partial charge in [-0.1, -0.05) is 36.4 Å². The Kier molecular flexibility index (Phi) is 5.77. The molecular formula is C32H24N2O4. The number of rotatable bonds is 7. The van der Waals surface area contributed by atoms with E-state index in [1.807, 2.05) is 48.5 Å². The molecule has 0 atom stereocenters. The number of benzene rings is 4. The normalized spacial score (nSPS) is 11.1. The molecule has 0 unspecified atom stereocenters. The summed E-state index contributed by atoms with van der Waals surface area (Å²) in [5.74, 6) is 1.04. The van der Waals surface area contributed by atoms with Gasteiger partial charge in [-0.25, -0.2) is 0 Å². The van der Waals surface area contributed by atoms with Crippen molar-refractivity contribution in [2.75, 3.05) is 14.2 Å². The lowest BCUT2D eigenvalue weighted by Crippen LogP contribution is -2.06. The Balaban J connectivity index is 1.59. The maximum atomic E-state index is 14.0. The molecule has 0 amide bonds. The van der Waals surface area contributed by atoms with Crippen LogP contribution in [0, 0.1) is 0 Å². The minimum atomic E-state index is -0.151. The zero-order valence-electron chi connectivity index (χ0n) is 20.9. The van der Waals surface area contributed by atoms with Crippen LogP contribution in [-0.4, -0.2) is 35.8 Å². The van der Waals surface area contributed by atoms with Gasteiger partial charge in [0, 0.05) is 32.9 Å². The van der Waals surface area contributed by atoms with Crippen LogP contribution in [0.2, 0.25) is 0 Å². The van der Waals surface area contributed by atoms with E-state index in [0.717, 1.165) is 21.8 Å². The first-order chi connectivity index (χ1) is 18.6. The van der Waals surface area contributed by atoms with Crippen LogP contribution in [0.5, 0.6) is 11.5 Å². The van der Waals surface area contributed by atoms with E-state index in [1.165, 1.54) is 0 Å². The van der Waals surface area contributed by atoms with Gasteiger partial charge in [0.1, 0.15) is 11.5 Å². The lowest BCUT2D eigenvalue weighted by atomic mass is 9.95. The van der Waals surface area contributed by atoms with Gasteiger partial charge in [-0.15, -0.1) is 0 Å². The smallest absolute Gasteiger partial charge is 0.195 e. The van der Waals surface area contributed by atoms with E-state index in [9.17, 15) is 9.59 Å². The molecule has 2 aromatic heterocycles. The number of para-hydroxylation sites is 2. The van der Waals surface area contributed by atoms with Crippen LogP contribution in [0.15, 0.2) is 97.1 Å². The predicted octanol–water partition coefficient (Wildman–Crippen LogP) is 6.80. The lowest BCUT2D eigenvalue weighted by Gasteiger charge is -2.08. The van der Waals surface area contributed by atoms with Crippen molar-refractivity contribution in [3.05, 3.63) is 119 Å². The fourth-order valence-corrected chi connectivity index (χ4v) is 4.90. The fourth-order valence-electron chi connectivity index (χ4n) is 4.90. The molecule has 2 heterocycles. The van der Waals surface area contributed by atoms with Crippen molar-refractivity contribution in [2.24, 2.45) is 0 Å². The molecule has 6 aromatic rings. The van der Waals surface area contributed by atoms with E-state index >= 15 is 0 Å². The number of fused-ring (bicyclic) bond motifs is 2. The van der Waals surface area contributed by atoms with Gasteiger partial charge in [0.25, 0.3) is 0 Å². The molecule has 6 rings (SSSR count). The molecule has 6 heteroatoms. The number of ether oxygens (including phenoxy) is 2. The first-order valence-corrected chi connectivity index (χ1v) is 12.2. The molecule has 38 heavy (non-hydrogen) atoms. The third-order valence-corrected chi connectivity index (χ3v) is 6.82. The summed E-state index contributed by atoms with van der Waals surface area (Å²) in [5, 5.41) is 1.56. The van der Waals surface area contributed by atoms with E-state index in [-0.39, 0.29) is 11.6 Å². The summed E-state index contributed by atoms with van der Waals surface area (Å²) in [4.78, 5) is 34.8. The van der Waals surface area contributed by atoms with Crippen LogP contribution in [-0.2, 0) is 0 Å². The van der Waals surface area contributed by atoms with Crippen LogP contribution < -0.4 is 9.47 Å². The standard InChI is InChI=1S/C32H24N2O4/c1-37-21-15-11-19(12-16-21)31(35)27-23-7-3-5-9-25(23)33-29(27)30-28(24-8-4-6-10-26(24)34-30)32(36)20-13-17-22(38-2)18-14-20/h3-18,33-34H,1-2H3. The van der Waals surface area contributed by atoms with Crippen molar-refractivity contribution in [2.45, 2.75) is 0 Å². The third-order valence-electron chi connectivity index (χ3n) is 6.82. The molecule has 6 nitrogen and oxygen atoms in total. The van der Waals surface area contributed by atoms with Crippen molar-refractivity contribution < 1.29 is 19.1 Å². The molecular weight excluding hydrogens is 476 g/mol. The maximum absolute atomic E-state index is 14.0. The second kappa shape index (κ2) is 9.41. The Morgan fingerprint density at radius 3 is 1.26 bits per heavy atom. The lowest BCUT2D eigenvalue weighted by molar-refractivity contribution is 0.103.